The van der Waals surface area contributed by atoms with Gasteiger partial charge in [-0.25, -0.2) is 0 Å². The smallest absolute Gasteiger partial charge is 0.224 e. The first-order chi connectivity index (χ1) is 12.2. The molecule has 0 radical (unpaired) electrons. The maximum Gasteiger partial charge on any atom is 0.224 e. The van der Waals surface area contributed by atoms with E-state index in [4.69, 9.17) is 14.9 Å². The molecule has 140 valence electrons. The number of ether oxygens (including phenoxy) is 1. The summed E-state index contributed by atoms with van der Waals surface area (Å²) in [5, 5.41) is 4.95. The number of hydrogen-bond acceptors (Lipinski definition) is 4. The number of nitrogens with two attached hydrogens (primary N) is 1. The Morgan fingerprint density at radius 3 is 2.62 bits per heavy atom. The van der Waals surface area contributed by atoms with Crippen molar-refractivity contribution in [2.45, 2.75) is 32.1 Å². The zero-order valence-corrected chi connectivity index (χ0v) is 15.7. The van der Waals surface area contributed by atoms with Gasteiger partial charge in [-0.2, -0.15) is 0 Å². The number of nitrogens with one attached hydrogen (secondary N) is 1. The van der Waals surface area contributed by atoms with E-state index in [0.717, 1.165) is 47.6 Å². The number of carbonyl (C=O) groups excluding carboxylic acids is 1. The van der Waals surface area contributed by atoms with Gasteiger partial charge in [0.05, 0.1) is 12.8 Å². The molecule has 0 aliphatic heterocycles. The number of hydrogen-bond donors (Lipinski definition) is 2. The van der Waals surface area contributed by atoms with E-state index in [2.05, 4.69) is 5.32 Å². The van der Waals surface area contributed by atoms with Crippen LogP contribution in [0.4, 0.5) is 5.69 Å². The number of para-hydroxylation sites is 1. The monoisotopic (exact) mass is 376 g/mol. The Kier molecular flexibility index (Phi) is 7.30. The van der Waals surface area contributed by atoms with Crippen molar-refractivity contribution in [3.63, 3.8) is 0 Å². The van der Waals surface area contributed by atoms with Crippen molar-refractivity contribution in [3.8, 4) is 5.75 Å². The summed E-state index contributed by atoms with van der Waals surface area (Å²) >= 11 is 0. The van der Waals surface area contributed by atoms with Crippen LogP contribution < -0.4 is 15.8 Å². The summed E-state index contributed by atoms with van der Waals surface area (Å²) < 4.78 is 11.3. The second-order valence-electron chi connectivity index (χ2n) is 6.15. The molecule has 26 heavy (non-hydrogen) atoms. The third kappa shape index (κ3) is 4.48. The van der Waals surface area contributed by atoms with Crippen LogP contribution in [0.1, 0.15) is 32.1 Å². The minimum Gasteiger partial charge on any atom is -0.495 e. The standard InChI is InChI=1S/C20H24N2O3.ClH/c1-24-19-12-15-14-8-5-6-9-17(14)25-18(15)13-16(19)22-20(23)10-4-2-3-7-11-21;/h5-6,8-9,12-13H,2-4,7,10-11,21H2,1H3,(H,22,23);1H. The summed E-state index contributed by atoms with van der Waals surface area (Å²) in [6.45, 7) is 0.709. The van der Waals surface area contributed by atoms with E-state index in [-0.39, 0.29) is 18.3 Å². The topological polar surface area (TPSA) is 77.5 Å². The summed E-state index contributed by atoms with van der Waals surface area (Å²) in [7, 11) is 1.60. The van der Waals surface area contributed by atoms with Crippen molar-refractivity contribution in [1.82, 2.24) is 0 Å². The van der Waals surface area contributed by atoms with Crippen LogP contribution in [0.15, 0.2) is 40.8 Å². The Balaban J connectivity index is 0.00000243. The SMILES string of the molecule is COc1cc2c(cc1NC(=O)CCCCCCN)oc1ccccc12.Cl. The number of halogens is 1. The molecule has 3 rings (SSSR count). The number of benzene rings is 2. The minimum absolute atomic E-state index is 0. The lowest BCUT2D eigenvalue weighted by molar-refractivity contribution is -0.116. The second-order valence-corrected chi connectivity index (χ2v) is 6.15. The molecular weight excluding hydrogens is 352 g/mol. The molecule has 1 aromatic heterocycles. The summed E-state index contributed by atoms with van der Waals surface area (Å²) in [6.07, 6.45) is 4.45. The Bertz CT molecular complexity index is 876. The average Bonchev–Trinajstić information content (AvgIpc) is 2.98. The van der Waals surface area contributed by atoms with Gasteiger partial charge < -0.3 is 20.2 Å². The normalized spacial score (nSPS) is 10.7. The van der Waals surface area contributed by atoms with Crippen molar-refractivity contribution in [1.29, 1.82) is 0 Å². The maximum absolute atomic E-state index is 12.2. The number of fused-ring (bicyclic) bond motifs is 3. The minimum atomic E-state index is -0.0125. The van der Waals surface area contributed by atoms with Crippen molar-refractivity contribution >= 4 is 45.9 Å². The largest absolute Gasteiger partial charge is 0.495 e. The Labute approximate surface area is 159 Å². The summed E-state index contributed by atoms with van der Waals surface area (Å²) in [5.41, 5.74) is 7.67. The van der Waals surface area contributed by atoms with Crippen molar-refractivity contribution < 1.29 is 13.9 Å². The van der Waals surface area contributed by atoms with E-state index in [0.29, 0.717) is 24.4 Å². The first kappa shape index (κ1) is 20.1. The van der Waals surface area contributed by atoms with Gasteiger partial charge in [0.25, 0.3) is 0 Å². The van der Waals surface area contributed by atoms with Gasteiger partial charge in [0.1, 0.15) is 16.9 Å². The van der Waals surface area contributed by atoms with Gasteiger partial charge in [-0.15, -0.1) is 12.4 Å². The fraction of sp³-hybridized carbons (Fsp3) is 0.350. The Hall–Kier alpha value is -2.24. The lowest BCUT2D eigenvalue weighted by atomic mass is 10.1. The van der Waals surface area contributed by atoms with Gasteiger partial charge in [-0.05, 0) is 31.5 Å². The maximum atomic E-state index is 12.2. The number of methoxy groups -OCH3 is 1. The molecule has 1 amide bonds. The summed E-state index contributed by atoms with van der Waals surface area (Å²) in [4.78, 5) is 12.2. The number of anilines is 1. The Morgan fingerprint density at radius 1 is 1.08 bits per heavy atom. The molecule has 3 aromatic rings. The molecule has 0 aliphatic rings. The molecule has 0 bridgehead atoms. The van der Waals surface area contributed by atoms with Crippen LogP contribution in [0.2, 0.25) is 0 Å². The van der Waals surface area contributed by atoms with Gasteiger partial charge >= 0.3 is 0 Å². The molecule has 6 heteroatoms. The predicted octanol–water partition coefficient (Wildman–Crippen LogP) is 4.86. The van der Waals surface area contributed by atoms with Crippen LogP contribution in [-0.2, 0) is 4.79 Å². The number of carbonyl (C=O) groups is 1. The highest BCUT2D eigenvalue weighted by Crippen LogP contribution is 2.36. The number of furan rings is 1. The van der Waals surface area contributed by atoms with Crippen LogP contribution in [-0.4, -0.2) is 19.6 Å². The highest BCUT2D eigenvalue weighted by molar-refractivity contribution is 6.07. The van der Waals surface area contributed by atoms with Crippen LogP contribution in [0.25, 0.3) is 21.9 Å². The van der Waals surface area contributed by atoms with Gasteiger partial charge in [-0.3, -0.25) is 4.79 Å². The van der Waals surface area contributed by atoms with E-state index < -0.39 is 0 Å². The number of unbranched alkanes of at least 4 members (excludes halogenated alkanes) is 3. The van der Waals surface area contributed by atoms with Crippen molar-refractivity contribution in [2.24, 2.45) is 5.73 Å². The molecule has 1 heterocycles. The van der Waals surface area contributed by atoms with Gasteiger partial charge in [-0.1, -0.05) is 31.0 Å². The first-order valence-electron chi connectivity index (χ1n) is 8.72. The molecule has 0 spiro atoms. The van der Waals surface area contributed by atoms with E-state index in [1.54, 1.807) is 7.11 Å². The highest BCUT2D eigenvalue weighted by Gasteiger charge is 2.13. The number of rotatable bonds is 8. The quantitative estimate of drug-likeness (QED) is 0.550. The summed E-state index contributed by atoms with van der Waals surface area (Å²) in [5.74, 6) is 0.622. The first-order valence-corrected chi connectivity index (χ1v) is 8.72. The van der Waals surface area contributed by atoms with E-state index in [1.165, 1.54) is 0 Å². The third-order valence-corrected chi connectivity index (χ3v) is 4.33. The predicted molar refractivity (Wildman–Crippen MR) is 108 cm³/mol. The molecule has 5 nitrogen and oxygen atoms in total. The van der Waals surface area contributed by atoms with Crippen LogP contribution in [0.5, 0.6) is 5.75 Å². The highest BCUT2D eigenvalue weighted by atomic mass is 35.5. The molecule has 0 aliphatic carbocycles. The van der Waals surface area contributed by atoms with Crippen LogP contribution in [0, 0.1) is 0 Å². The van der Waals surface area contributed by atoms with Gasteiger partial charge in [0.15, 0.2) is 0 Å². The van der Waals surface area contributed by atoms with Crippen molar-refractivity contribution in [2.75, 3.05) is 19.0 Å². The van der Waals surface area contributed by atoms with Gasteiger partial charge in [0, 0.05) is 23.3 Å². The van der Waals surface area contributed by atoms with E-state index >= 15 is 0 Å². The molecule has 0 unspecified atom stereocenters. The molecule has 0 saturated carbocycles. The average molecular weight is 377 g/mol. The van der Waals surface area contributed by atoms with Gasteiger partial charge in [0.2, 0.25) is 5.91 Å². The van der Waals surface area contributed by atoms with Crippen LogP contribution >= 0.6 is 12.4 Å². The zero-order chi connectivity index (χ0) is 17.6. The molecule has 0 atom stereocenters. The molecule has 0 saturated heterocycles. The lowest BCUT2D eigenvalue weighted by Crippen LogP contribution is -2.12. The van der Waals surface area contributed by atoms with E-state index in [9.17, 15) is 4.79 Å². The summed E-state index contributed by atoms with van der Waals surface area (Å²) in [6, 6.07) is 11.6. The second kappa shape index (κ2) is 9.46. The molecule has 3 N–H and O–H groups in total. The Morgan fingerprint density at radius 2 is 1.85 bits per heavy atom. The van der Waals surface area contributed by atoms with Crippen LogP contribution in [0.3, 0.4) is 0 Å². The molecular formula is C20H25ClN2O3. The number of amides is 1. The fourth-order valence-corrected chi connectivity index (χ4v) is 3.01. The van der Waals surface area contributed by atoms with Crippen molar-refractivity contribution in [3.05, 3.63) is 36.4 Å². The third-order valence-electron chi connectivity index (χ3n) is 4.33. The lowest BCUT2D eigenvalue weighted by Gasteiger charge is -2.10. The zero-order valence-electron chi connectivity index (χ0n) is 14.9. The fourth-order valence-electron chi connectivity index (χ4n) is 3.01. The van der Waals surface area contributed by atoms with E-state index in [1.807, 2.05) is 36.4 Å². The molecule has 2 aromatic carbocycles. The molecule has 0 fully saturated rings.